The molecule has 0 aromatic carbocycles. The molecule has 0 unspecified atom stereocenters. The number of aryl methyl sites for hydroxylation is 1. The molecule has 0 aliphatic carbocycles. The van der Waals surface area contributed by atoms with Gasteiger partial charge in [0.05, 0.1) is 19.8 Å². The van der Waals surface area contributed by atoms with Crippen LogP contribution in [0.1, 0.15) is 23.6 Å². The van der Waals surface area contributed by atoms with E-state index in [4.69, 9.17) is 4.74 Å². The van der Waals surface area contributed by atoms with E-state index in [9.17, 15) is 4.79 Å². The summed E-state index contributed by atoms with van der Waals surface area (Å²) >= 11 is 1.76. The zero-order chi connectivity index (χ0) is 15.1. The van der Waals surface area contributed by atoms with Crippen LogP contribution in [0.25, 0.3) is 0 Å². The molecule has 0 saturated carbocycles. The highest BCUT2D eigenvalue weighted by Gasteiger charge is 2.17. The van der Waals surface area contributed by atoms with Crippen LogP contribution in [0.4, 0.5) is 4.79 Å². The topological polar surface area (TPSA) is 53.6 Å². The van der Waals surface area contributed by atoms with E-state index in [1.807, 2.05) is 0 Å². The Morgan fingerprint density at radius 3 is 2.71 bits per heavy atom. The summed E-state index contributed by atoms with van der Waals surface area (Å²) in [5.41, 5.74) is 0. The highest BCUT2D eigenvalue weighted by Crippen LogP contribution is 2.16. The molecule has 2 heterocycles. The van der Waals surface area contributed by atoms with Crippen LogP contribution in [0.3, 0.4) is 0 Å². The molecule has 1 aromatic heterocycles. The van der Waals surface area contributed by atoms with E-state index >= 15 is 0 Å². The molecule has 21 heavy (non-hydrogen) atoms. The number of thiophene rings is 1. The van der Waals surface area contributed by atoms with Crippen LogP contribution in [0.15, 0.2) is 12.1 Å². The molecule has 1 saturated heterocycles. The molecule has 0 radical (unpaired) electrons. The predicted molar refractivity (Wildman–Crippen MR) is 85.8 cm³/mol. The molecule has 118 valence electrons. The molecule has 2 rings (SSSR count). The Balaban J connectivity index is 1.64. The molecule has 2 N–H and O–H groups in total. The lowest BCUT2D eigenvalue weighted by Crippen LogP contribution is -2.48. The fraction of sp³-hybridized carbons (Fsp3) is 0.667. The Labute approximate surface area is 130 Å². The molecule has 0 bridgehead atoms. The first kappa shape index (κ1) is 16.3. The zero-order valence-electron chi connectivity index (χ0n) is 12.9. The summed E-state index contributed by atoms with van der Waals surface area (Å²) in [4.78, 5) is 16.7. The third-order valence-electron chi connectivity index (χ3n) is 3.72. The Bertz CT molecular complexity index is 444. The van der Waals surface area contributed by atoms with Crippen molar-refractivity contribution in [2.24, 2.45) is 0 Å². The maximum absolute atomic E-state index is 11.8. The fourth-order valence-corrected chi connectivity index (χ4v) is 3.22. The Kier molecular flexibility index (Phi) is 6.48. The normalized spacial score (nSPS) is 17.4. The van der Waals surface area contributed by atoms with E-state index < -0.39 is 0 Å². The van der Waals surface area contributed by atoms with Gasteiger partial charge in [0.2, 0.25) is 0 Å². The minimum atomic E-state index is -0.0958. The maximum atomic E-state index is 11.8. The van der Waals surface area contributed by atoms with Gasteiger partial charge in [0, 0.05) is 35.4 Å². The minimum Gasteiger partial charge on any atom is -0.379 e. The van der Waals surface area contributed by atoms with Gasteiger partial charge in [0.25, 0.3) is 0 Å². The lowest BCUT2D eigenvalue weighted by molar-refractivity contribution is 0.0209. The molecule has 0 spiro atoms. The average molecular weight is 311 g/mol. The Morgan fingerprint density at radius 1 is 1.33 bits per heavy atom. The monoisotopic (exact) mass is 311 g/mol. The molecule has 1 aromatic rings. The van der Waals surface area contributed by atoms with Crippen LogP contribution in [0.2, 0.25) is 0 Å². The summed E-state index contributed by atoms with van der Waals surface area (Å²) < 4.78 is 5.33. The second-order valence-electron chi connectivity index (χ2n) is 5.28. The van der Waals surface area contributed by atoms with Gasteiger partial charge in [-0.05, 0) is 25.5 Å². The number of rotatable bonds is 6. The largest absolute Gasteiger partial charge is 0.379 e. The summed E-state index contributed by atoms with van der Waals surface area (Å²) in [6.07, 6.45) is 1.05. The van der Waals surface area contributed by atoms with Gasteiger partial charge in [-0.2, -0.15) is 0 Å². The molecule has 1 fully saturated rings. The third-order valence-corrected chi connectivity index (χ3v) is 4.95. The Hall–Kier alpha value is -1.11. The summed E-state index contributed by atoms with van der Waals surface area (Å²) in [5.74, 6) is 0. The van der Waals surface area contributed by atoms with E-state index in [1.54, 1.807) is 11.3 Å². The lowest BCUT2D eigenvalue weighted by atomic mass is 10.2. The van der Waals surface area contributed by atoms with Gasteiger partial charge >= 0.3 is 6.03 Å². The number of nitrogens with one attached hydrogen (secondary N) is 2. The van der Waals surface area contributed by atoms with Crippen LogP contribution in [0.5, 0.6) is 0 Å². The van der Waals surface area contributed by atoms with Crippen LogP contribution < -0.4 is 10.6 Å². The number of ether oxygens (including phenoxy) is 1. The van der Waals surface area contributed by atoms with Gasteiger partial charge in [0.15, 0.2) is 0 Å². The number of carbonyl (C=O) groups is 1. The predicted octanol–water partition coefficient (Wildman–Crippen LogP) is 1.83. The van der Waals surface area contributed by atoms with E-state index in [0.29, 0.717) is 19.1 Å². The molecule has 1 aliphatic heterocycles. The molecule has 5 nitrogen and oxygen atoms in total. The number of carbonyl (C=O) groups excluding carboxylic acids is 1. The number of amides is 2. The second kappa shape index (κ2) is 8.36. The second-order valence-corrected chi connectivity index (χ2v) is 6.54. The molecular weight excluding hydrogens is 286 g/mol. The van der Waals surface area contributed by atoms with Crippen LogP contribution in [0, 0.1) is 0 Å². The first-order valence-electron chi connectivity index (χ1n) is 7.60. The van der Waals surface area contributed by atoms with E-state index in [-0.39, 0.29) is 6.03 Å². The van der Waals surface area contributed by atoms with Gasteiger partial charge in [-0.15, -0.1) is 11.3 Å². The van der Waals surface area contributed by atoms with E-state index in [0.717, 1.165) is 32.7 Å². The SMILES string of the molecule is CCc1ccc(CNC(=O)NC[C@@H](C)N2CCOCC2)s1. The number of hydrogen-bond acceptors (Lipinski definition) is 4. The van der Waals surface area contributed by atoms with Crippen molar-refractivity contribution in [1.29, 1.82) is 0 Å². The number of urea groups is 1. The summed E-state index contributed by atoms with van der Waals surface area (Å²) in [5, 5.41) is 5.85. The molecule has 1 aliphatic rings. The van der Waals surface area contributed by atoms with Crippen molar-refractivity contribution in [3.63, 3.8) is 0 Å². The molecule has 1 atom stereocenters. The van der Waals surface area contributed by atoms with Crippen LogP contribution >= 0.6 is 11.3 Å². The fourth-order valence-electron chi connectivity index (χ4n) is 2.32. The average Bonchev–Trinajstić information content (AvgIpc) is 2.99. The van der Waals surface area contributed by atoms with E-state index in [2.05, 4.69) is 41.5 Å². The number of morpholine rings is 1. The third kappa shape index (κ3) is 5.30. The molecule has 2 amide bonds. The van der Waals surface area contributed by atoms with Crippen molar-refractivity contribution in [2.45, 2.75) is 32.9 Å². The van der Waals surface area contributed by atoms with Crippen molar-refractivity contribution in [3.8, 4) is 0 Å². The molecular formula is C15H25N3O2S. The summed E-state index contributed by atoms with van der Waals surface area (Å²) in [6.45, 7) is 9.00. The summed E-state index contributed by atoms with van der Waals surface area (Å²) in [6, 6.07) is 4.45. The minimum absolute atomic E-state index is 0.0958. The lowest BCUT2D eigenvalue weighted by Gasteiger charge is -2.32. The van der Waals surface area contributed by atoms with Crippen molar-refractivity contribution in [1.82, 2.24) is 15.5 Å². The number of hydrogen-bond donors (Lipinski definition) is 2. The highest BCUT2D eigenvalue weighted by atomic mass is 32.1. The first-order valence-corrected chi connectivity index (χ1v) is 8.41. The molecule has 6 heteroatoms. The van der Waals surface area contributed by atoms with Gasteiger partial charge < -0.3 is 15.4 Å². The smallest absolute Gasteiger partial charge is 0.315 e. The van der Waals surface area contributed by atoms with Crippen LogP contribution in [-0.4, -0.2) is 49.8 Å². The van der Waals surface area contributed by atoms with Gasteiger partial charge in [-0.25, -0.2) is 4.79 Å². The van der Waals surface area contributed by atoms with Crippen molar-refractivity contribution < 1.29 is 9.53 Å². The van der Waals surface area contributed by atoms with Gasteiger partial charge in [0.1, 0.15) is 0 Å². The van der Waals surface area contributed by atoms with Crippen molar-refractivity contribution >= 4 is 17.4 Å². The van der Waals surface area contributed by atoms with Crippen molar-refractivity contribution in [2.75, 3.05) is 32.8 Å². The summed E-state index contributed by atoms with van der Waals surface area (Å²) in [7, 11) is 0. The maximum Gasteiger partial charge on any atom is 0.315 e. The Morgan fingerprint density at radius 2 is 2.05 bits per heavy atom. The van der Waals surface area contributed by atoms with Gasteiger partial charge in [-0.3, -0.25) is 4.90 Å². The van der Waals surface area contributed by atoms with Crippen molar-refractivity contribution in [3.05, 3.63) is 21.9 Å². The zero-order valence-corrected chi connectivity index (χ0v) is 13.7. The van der Waals surface area contributed by atoms with Gasteiger partial charge in [-0.1, -0.05) is 6.92 Å². The number of nitrogens with zero attached hydrogens (tertiary/aromatic N) is 1. The van der Waals surface area contributed by atoms with E-state index in [1.165, 1.54) is 9.75 Å². The quantitative estimate of drug-likeness (QED) is 0.843. The first-order chi connectivity index (χ1) is 10.2. The van der Waals surface area contributed by atoms with Crippen LogP contribution in [-0.2, 0) is 17.7 Å². The standard InChI is InChI=1S/C15H25N3O2S/c1-3-13-4-5-14(21-13)11-17-15(19)16-10-12(2)18-6-8-20-9-7-18/h4-5,12H,3,6-11H2,1-2H3,(H2,16,17,19)/t12-/m1/s1. The highest BCUT2D eigenvalue weighted by molar-refractivity contribution is 7.11.